The lowest BCUT2D eigenvalue weighted by Gasteiger charge is -2.08. The Morgan fingerprint density at radius 2 is 2.22 bits per heavy atom. The molecule has 0 amide bonds. The van der Waals surface area contributed by atoms with Gasteiger partial charge in [0, 0.05) is 11.8 Å². The van der Waals surface area contributed by atoms with Crippen LogP contribution in [0.25, 0.3) is 0 Å². The van der Waals surface area contributed by atoms with Gasteiger partial charge in [-0.2, -0.15) is 5.10 Å². The molecule has 2 rings (SSSR count). The molecule has 0 unspecified atom stereocenters. The molecular formula is C17H22N4O2. The highest BCUT2D eigenvalue weighted by molar-refractivity contribution is 5.80. The van der Waals surface area contributed by atoms with Gasteiger partial charge in [-0.1, -0.05) is 32.9 Å². The van der Waals surface area contributed by atoms with Crippen molar-refractivity contribution < 1.29 is 4.74 Å². The van der Waals surface area contributed by atoms with Gasteiger partial charge in [0.2, 0.25) is 5.95 Å². The molecule has 1 heterocycles. The van der Waals surface area contributed by atoms with E-state index >= 15 is 0 Å². The molecule has 0 bridgehead atoms. The summed E-state index contributed by atoms with van der Waals surface area (Å²) in [4.78, 5) is 18.3. The molecule has 0 aliphatic rings. The van der Waals surface area contributed by atoms with Crippen LogP contribution in [0.2, 0.25) is 0 Å². The van der Waals surface area contributed by atoms with Crippen molar-refractivity contribution in [2.45, 2.75) is 27.2 Å². The van der Waals surface area contributed by atoms with Crippen molar-refractivity contribution in [3.63, 3.8) is 0 Å². The molecule has 0 aliphatic carbocycles. The maximum Gasteiger partial charge on any atom is 0.252 e. The number of hydrogen-bond donors (Lipinski definition) is 2. The van der Waals surface area contributed by atoms with Crippen LogP contribution in [-0.4, -0.2) is 22.8 Å². The summed E-state index contributed by atoms with van der Waals surface area (Å²) in [7, 11) is 0. The van der Waals surface area contributed by atoms with E-state index in [0.29, 0.717) is 24.9 Å². The van der Waals surface area contributed by atoms with Gasteiger partial charge in [0.1, 0.15) is 5.75 Å². The maximum atomic E-state index is 11.5. The van der Waals surface area contributed by atoms with Crippen molar-refractivity contribution in [2.24, 2.45) is 11.0 Å². The van der Waals surface area contributed by atoms with Crippen LogP contribution in [0.1, 0.15) is 32.0 Å². The van der Waals surface area contributed by atoms with Crippen molar-refractivity contribution in [3.8, 4) is 5.75 Å². The summed E-state index contributed by atoms with van der Waals surface area (Å²) in [5.74, 6) is 1.61. The number of anilines is 1. The number of aromatic nitrogens is 2. The second kappa shape index (κ2) is 8.12. The summed E-state index contributed by atoms with van der Waals surface area (Å²) < 4.78 is 5.68. The lowest BCUT2D eigenvalue weighted by Crippen LogP contribution is -2.11. The summed E-state index contributed by atoms with van der Waals surface area (Å²) >= 11 is 0. The van der Waals surface area contributed by atoms with E-state index in [2.05, 4.69) is 34.3 Å². The van der Waals surface area contributed by atoms with Crippen LogP contribution in [0, 0.1) is 5.92 Å². The molecule has 0 saturated heterocycles. The molecule has 2 aromatic rings. The molecule has 0 saturated carbocycles. The van der Waals surface area contributed by atoms with Crippen LogP contribution in [0.4, 0.5) is 5.95 Å². The first-order valence-corrected chi connectivity index (χ1v) is 7.69. The molecule has 0 atom stereocenters. The third-order valence-electron chi connectivity index (χ3n) is 2.98. The second-order valence-corrected chi connectivity index (χ2v) is 5.59. The van der Waals surface area contributed by atoms with Gasteiger partial charge in [0.15, 0.2) is 0 Å². The highest BCUT2D eigenvalue weighted by Gasteiger charge is 1.99. The lowest BCUT2D eigenvalue weighted by molar-refractivity contribution is 0.271. The fraction of sp³-hybridized carbons (Fsp3) is 0.353. The first kappa shape index (κ1) is 16.7. The van der Waals surface area contributed by atoms with E-state index < -0.39 is 0 Å². The number of hydrazone groups is 1. The zero-order valence-corrected chi connectivity index (χ0v) is 13.7. The maximum absolute atomic E-state index is 11.5. The van der Waals surface area contributed by atoms with E-state index in [0.717, 1.165) is 17.0 Å². The Morgan fingerprint density at radius 3 is 2.96 bits per heavy atom. The number of ether oxygens (including phenoxy) is 1. The molecule has 6 heteroatoms. The zero-order valence-electron chi connectivity index (χ0n) is 13.7. The summed E-state index contributed by atoms with van der Waals surface area (Å²) in [6.07, 6.45) is 2.35. The van der Waals surface area contributed by atoms with E-state index in [9.17, 15) is 4.79 Å². The van der Waals surface area contributed by atoms with E-state index in [4.69, 9.17) is 4.74 Å². The van der Waals surface area contributed by atoms with Crippen molar-refractivity contribution >= 4 is 12.2 Å². The van der Waals surface area contributed by atoms with Gasteiger partial charge in [-0.15, -0.1) is 0 Å². The molecule has 2 N–H and O–H groups in total. The van der Waals surface area contributed by atoms with Crippen LogP contribution in [0.15, 0.2) is 40.2 Å². The van der Waals surface area contributed by atoms with E-state index in [-0.39, 0.29) is 5.56 Å². The molecule has 0 fully saturated rings. The second-order valence-electron chi connectivity index (χ2n) is 5.59. The Bertz CT molecular complexity index is 723. The largest absolute Gasteiger partial charge is 0.493 e. The minimum atomic E-state index is -0.196. The number of rotatable bonds is 7. The number of nitrogens with one attached hydrogen (secondary N) is 2. The number of aryl methyl sites for hydroxylation is 1. The van der Waals surface area contributed by atoms with Crippen molar-refractivity contribution in [2.75, 3.05) is 12.0 Å². The smallest absolute Gasteiger partial charge is 0.252 e. The van der Waals surface area contributed by atoms with Gasteiger partial charge < -0.3 is 4.74 Å². The summed E-state index contributed by atoms with van der Waals surface area (Å²) in [5.41, 5.74) is 4.16. The summed E-state index contributed by atoms with van der Waals surface area (Å²) in [5, 5.41) is 4.10. The summed E-state index contributed by atoms with van der Waals surface area (Å²) in [6, 6.07) is 9.13. The first-order valence-electron chi connectivity index (χ1n) is 7.69. The molecule has 122 valence electrons. The van der Waals surface area contributed by atoms with E-state index in [1.165, 1.54) is 6.07 Å². The van der Waals surface area contributed by atoms with E-state index in [1.54, 1.807) is 6.21 Å². The number of hydrogen-bond acceptors (Lipinski definition) is 5. The van der Waals surface area contributed by atoms with Crippen molar-refractivity contribution in [1.29, 1.82) is 0 Å². The fourth-order valence-corrected chi connectivity index (χ4v) is 1.86. The Morgan fingerprint density at radius 1 is 1.39 bits per heavy atom. The molecule has 0 spiro atoms. The Balaban J connectivity index is 2.01. The quantitative estimate of drug-likeness (QED) is 0.608. The predicted molar refractivity (Wildman–Crippen MR) is 92.2 cm³/mol. The van der Waals surface area contributed by atoms with Crippen LogP contribution in [0.3, 0.4) is 0 Å². The van der Waals surface area contributed by atoms with Crippen LogP contribution in [0.5, 0.6) is 5.75 Å². The molecule has 1 aromatic heterocycles. The topological polar surface area (TPSA) is 79.4 Å². The summed E-state index contributed by atoms with van der Waals surface area (Å²) in [6.45, 7) is 6.83. The standard InChI is InChI=1S/C17H22N4O2/c1-4-14-9-16(22)20-17(19-14)21-18-10-13-6-5-7-15(8-13)23-11-12(2)3/h5-10,12H,4,11H2,1-3H3,(H2,19,20,21,22)/b18-10-. The van der Waals surface area contributed by atoms with E-state index in [1.807, 2.05) is 31.2 Å². The Kier molecular flexibility index (Phi) is 5.91. The number of aromatic amines is 1. The number of benzene rings is 1. The lowest BCUT2D eigenvalue weighted by atomic mass is 10.2. The zero-order chi connectivity index (χ0) is 16.7. The monoisotopic (exact) mass is 314 g/mol. The highest BCUT2D eigenvalue weighted by atomic mass is 16.5. The van der Waals surface area contributed by atoms with Crippen LogP contribution >= 0.6 is 0 Å². The predicted octanol–water partition coefficient (Wildman–Crippen LogP) is 2.81. The molecule has 23 heavy (non-hydrogen) atoms. The minimum Gasteiger partial charge on any atom is -0.493 e. The van der Waals surface area contributed by atoms with Gasteiger partial charge >= 0.3 is 0 Å². The third-order valence-corrected chi connectivity index (χ3v) is 2.98. The SMILES string of the molecule is CCc1cc(=O)[nH]c(N/N=C\c2cccc(OCC(C)C)c2)n1. The average Bonchev–Trinajstić information content (AvgIpc) is 2.53. The van der Waals surface area contributed by atoms with Crippen LogP contribution in [-0.2, 0) is 6.42 Å². The average molecular weight is 314 g/mol. The van der Waals surface area contributed by atoms with Gasteiger partial charge in [-0.3, -0.25) is 9.78 Å². The minimum absolute atomic E-state index is 0.196. The highest BCUT2D eigenvalue weighted by Crippen LogP contribution is 2.13. The van der Waals surface area contributed by atoms with Gasteiger partial charge in [-0.25, -0.2) is 10.4 Å². The van der Waals surface area contributed by atoms with Gasteiger partial charge in [-0.05, 0) is 30.0 Å². The molecule has 0 radical (unpaired) electrons. The van der Waals surface area contributed by atoms with Gasteiger partial charge in [0.25, 0.3) is 5.56 Å². The fourth-order valence-electron chi connectivity index (χ4n) is 1.86. The molecule has 6 nitrogen and oxygen atoms in total. The molecule has 0 aliphatic heterocycles. The van der Waals surface area contributed by atoms with Crippen molar-refractivity contribution in [3.05, 3.63) is 51.9 Å². The Labute approximate surface area is 135 Å². The van der Waals surface area contributed by atoms with Crippen molar-refractivity contribution in [1.82, 2.24) is 9.97 Å². The normalized spacial score (nSPS) is 11.1. The van der Waals surface area contributed by atoms with Gasteiger partial charge in [0.05, 0.1) is 12.8 Å². The van der Waals surface area contributed by atoms with Crippen LogP contribution < -0.4 is 15.7 Å². The number of nitrogens with zero attached hydrogens (tertiary/aromatic N) is 2. The number of H-pyrrole nitrogens is 1. The third kappa shape index (κ3) is 5.58. The Hall–Kier alpha value is -2.63. The first-order chi connectivity index (χ1) is 11.1. The molecule has 1 aromatic carbocycles. The molecular weight excluding hydrogens is 292 g/mol.